The summed E-state index contributed by atoms with van der Waals surface area (Å²) in [4.78, 5) is 30.1. The number of nitrogens with zero attached hydrogens (tertiary/aromatic N) is 4. The molecule has 1 aromatic carbocycles. The average Bonchev–Trinajstić information content (AvgIpc) is 3.16. The zero-order valence-corrected chi connectivity index (χ0v) is 15.5. The van der Waals surface area contributed by atoms with Gasteiger partial charge in [-0.25, -0.2) is 4.98 Å². The number of hydrogen-bond donors (Lipinski definition) is 1. The predicted molar refractivity (Wildman–Crippen MR) is 107 cm³/mol. The van der Waals surface area contributed by atoms with Crippen LogP contribution in [0.25, 0.3) is 5.65 Å². The molecule has 2 atom stereocenters. The van der Waals surface area contributed by atoms with Crippen LogP contribution in [-0.2, 0) is 0 Å². The monoisotopic (exact) mass is 379 g/mol. The number of hydrogen-bond acceptors (Lipinski definition) is 6. The van der Waals surface area contributed by atoms with Crippen molar-refractivity contribution in [3.05, 3.63) is 80.8 Å². The minimum Gasteiger partial charge on any atom is -0.360 e. The smallest absolute Gasteiger partial charge is 0.360 e. The summed E-state index contributed by atoms with van der Waals surface area (Å²) in [6.45, 7) is 3.75. The van der Waals surface area contributed by atoms with Crippen molar-refractivity contribution in [2.75, 3.05) is 18.4 Å². The third kappa shape index (κ3) is 3.34. The van der Waals surface area contributed by atoms with E-state index in [9.17, 15) is 14.9 Å². The second kappa shape index (κ2) is 7.40. The first-order chi connectivity index (χ1) is 13.5. The van der Waals surface area contributed by atoms with Gasteiger partial charge in [-0.15, -0.1) is 0 Å². The van der Waals surface area contributed by atoms with Crippen LogP contribution in [0.15, 0.2) is 59.5 Å². The quantitative estimate of drug-likeness (QED) is 0.541. The van der Waals surface area contributed by atoms with E-state index in [-0.39, 0.29) is 17.9 Å². The van der Waals surface area contributed by atoms with E-state index in [1.165, 1.54) is 16.2 Å². The molecule has 8 nitrogen and oxygen atoms in total. The highest BCUT2D eigenvalue weighted by Crippen LogP contribution is 2.27. The zero-order chi connectivity index (χ0) is 19.7. The summed E-state index contributed by atoms with van der Waals surface area (Å²) >= 11 is 0. The Kier molecular flexibility index (Phi) is 4.79. The van der Waals surface area contributed by atoms with E-state index in [2.05, 4.69) is 34.3 Å². The van der Waals surface area contributed by atoms with E-state index in [0.717, 1.165) is 19.5 Å². The second-order valence-corrected chi connectivity index (χ2v) is 7.01. The van der Waals surface area contributed by atoms with Crippen LogP contribution >= 0.6 is 0 Å². The maximum absolute atomic E-state index is 12.6. The van der Waals surface area contributed by atoms with E-state index < -0.39 is 16.2 Å². The van der Waals surface area contributed by atoms with Crippen LogP contribution in [0.3, 0.4) is 0 Å². The van der Waals surface area contributed by atoms with Crippen LogP contribution in [0.4, 0.5) is 11.5 Å². The van der Waals surface area contributed by atoms with Crippen LogP contribution in [0.2, 0.25) is 0 Å². The molecule has 0 amide bonds. The van der Waals surface area contributed by atoms with E-state index in [1.54, 1.807) is 18.2 Å². The molecular weight excluding hydrogens is 358 g/mol. The van der Waals surface area contributed by atoms with Gasteiger partial charge in [-0.2, -0.15) is 0 Å². The van der Waals surface area contributed by atoms with Gasteiger partial charge in [0.05, 0.1) is 4.92 Å². The third-order valence-corrected chi connectivity index (χ3v) is 5.28. The predicted octanol–water partition coefficient (Wildman–Crippen LogP) is 2.85. The van der Waals surface area contributed by atoms with Crippen molar-refractivity contribution in [2.45, 2.75) is 25.4 Å². The summed E-state index contributed by atoms with van der Waals surface area (Å²) in [7, 11) is 0. The van der Waals surface area contributed by atoms with E-state index in [4.69, 9.17) is 0 Å². The zero-order valence-electron chi connectivity index (χ0n) is 15.5. The summed E-state index contributed by atoms with van der Waals surface area (Å²) in [5, 5.41) is 14.7. The molecule has 0 spiro atoms. The van der Waals surface area contributed by atoms with Crippen LogP contribution < -0.4 is 10.9 Å². The standard InChI is InChI=1S/C20H21N5O3/c1-14(15-7-3-2-4-8-15)23-12-10-16(13-23)21-19-18(25(27)28)20(26)24-11-6-5-9-17(24)22-19/h2-9,11,14,16,21H,10,12-13H2,1H3/t14-,16-/m1/s1. The minimum absolute atomic E-state index is 0.0112. The summed E-state index contributed by atoms with van der Waals surface area (Å²) in [6.07, 6.45) is 2.31. The molecule has 0 bridgehead atoms. The molecule has 1 aliphatic heterocycles. The average molecular weight is 379 g/mol. The summed E-state index contributed by atoms with van der Waals surface area (Å²) in [6, 6.07) is 15.5. The molecule has 1 aliphatic rings. The van der Waals surface area contributed by atoms with Crippen LogP contribution in [-0.4, -0.2) is 38.3 Å². The lowest BCUT2D eigenvalue weighted by Crippen LogP contribution is -2.30. The Hall–Kier alpha value is -3.26. The molecule has 1 N–H and O–H groups in total. The van der Waals surface area contributed by atoms with Gasteiger partial charge in [-0.1, -0.05) is 36.4 Å². The molecule has 144 valence electrons. The van der Waals surface area contributed by atoms with Crippen LogP contribution in [0, 0.1) is 10.1 Å². The number of nitro groups is 1. The Bertz CT molecular complexity index is 1070. The summed E-state index contributed by atoms with van der Waals surface area (Å²) in [5.74, 6) is 0.0421. The third-order valence-electron chi connectivity index (χ3n) is 5.28. The lowest BCUT2D eigenvalue weighted by Gasteiger charge is -2.24. The maximum atomic E-state index is 12.6. The van der Waals surface area contributed by atoms with Gasteiger partial charge < -0.3 is 5.32 Å². The van der Waals surface area contributed by atoms with Crippen molar-refractivity contribution < 1.29 is 4.92 Å². The first-order valence-corrected chi connectivity index (χ1v) is 9.26. The fraction of sp³-hybridized carbons (Fsp3) is 0.300. The number of benzene rings is 1. The lowest BCUT2D eigenvalue weighted by atomic mass is 10.1. The Morgan fingerprint density at radius 2 is 1.96 bits per heavy atom. The van der Waals surface area contributed by atoms with E-state index in [0.29, 0.717) is 5.65 Å². The van der Waals surface area contributed by atoms with Crippen LogP contribution in [0.1, 0.15) is 24.9 Å². The molecule has 4 rings (SSSR count). The Labute approximate surface area is 161 Å². The molecule has 0 aliphatic carbocycles. The van der Waals surface area contributed by atoms with Gasteiger partial charge in [0.15, 0.2) is 0 Å². The van der Waals surface area contributed by atoms with Gasteiger partial charge in [0, 0.05) is 31.4 Å². The Morgan fingerprint density at radius 1 is 1.21 bits per heavy atom. The molecule has 1 fully saturated rings. The van der Waals surface area contributed by atoms with Gasteiger partial charge >= 0.3 is 11.2 Å². The summed E-state index contributed by atoms with van der Waals surface area (Å²) < 4.78 is 1.20. The Morgan fingerprint density at radius 3 is 2.71 bits per heavy atom. The molecule has 2 aromatic heterocycles. The lowest BCUT2D eigenvalue weighted by molar-refractivity contribution is -0.385. The molecule has 8 heteroatoms. The maximum Gasteiger partial charge on any atom is 0.376 e. The molecule has 3 heterocycles. The van der Waals surface area contributed by atoms with Gasteiger partial charge in [-0.05, 0) is 31.0 Å². The van der Waals surface area contributed by atoms with Crippen molar-refractivity contribution in [1.82, 2.24) is 14.3 Å². The summed E-state index contributed by atoms with van der Waals surface area (Å²) in [5.41, 5.74) is 0.424. The largest absolute Gasteiger partial charge is 0.376 e. The van der Waals surface area contributed by atoms with Crippen molar-refractivity contribution in [3.63, 3.8) is 0 Å². The molecule has 3 aromatic rings. The highest BCUT2D eigenvalue weighted by Gasteiger charge is 2.30. The molecule has 0 unspecified atom stereocenters. The highest BCUT2D eigenvalue weighted by molar-refractivity contribution is 5.60. The number of pyridine rings is 1. The Balaban J connectivity index is 1.58. The number of rotatable bonds is 5. The molecule has 28 heavy (non-hydrogen) atoms. The molecular formula is C20H21N5O3. The first kappa shape index (κ1) is 18.1. The molecule has 0 radical (unpaired) electrons. The van der Waals surface area contributed by atoms with Crippen molar-refractivity contribution >= 4 is 17.2 Å². The van der Waals surface area contributed by atoms with Gasteiger partial charge in [0.2, 0.25) is 5.82 Å². The van der Waals surface area contributed by atoms with Crippen LogP contribution in [0.5, 0.6) is 0 Å². The number of likely N-dealkylation sites (tertiary alicyclic amines) is 1. The normalized spacial score (nSPS) is 18.2. The first-order valence-electron chi connectivity index (χ1n) is 9.26. The van der Waals surface area contributed by atoms with E-state index >= 15 is 0 Å². The van der Waals surface area contributed by atoms with Crippen molar-refractivity contribution in [2.24, 2.45) is 0 Å². The van der Waals surface area contributed by atoms with Gasteiger partial charge in [0.25, 0.3) is 0 Å². The minimum atomic E-state index is -0.675. The highest BCUT2D eigenvalue weighted by atomic mass is 16.6. The fourth-order valence-electron chi connectivity index (χ4n) is 3.74. The van der Waals surface area contributed by atoms with Crippen molar-refractivity contribution in [3.8, 4) is 0 Å². The number of aromatic nitrogens is 2. The second-order valence-electron chi connectivity index (χ2n) is 7.01. The number of anilines is 1. The van der Waals surface area contributed by atoms with Gasteiger partial charge in [0.1, 0.15) is 5.65 Å². The topological polar surface area (TPSA) is 92.8 Å². The number of fused-ring (bicyclic) bond motifs is 1. The fourth-order valence-corrected chi connectivity index (χ4v) is 3.74. The van der Waals surface area contributed by atoms with E-state index in [1.807, 2.05) is 18.2 Å². The SMILES string of the molecule is C[C@H](c1ccccc1)N1CC[C@@H](Nc2nc3ccccn3c(=O)c2[N+](=O)[O-])C1. The molecule has 1 saturated heterocycles. The molecule has 0 saturated carbocycles. The van der Waals surface area contributed by atoms with Gasteiger partial charge in [-0.3, -0.25) is 24.2 Å². The number of nitrogens with one attached hydrogen (secondary N) is 1. The van der Waals surface area contributed by atoms with Crippen molar-refractivity contribution in [1.29, 1.82) is 0 Å².